The third-order valence-electron chi connectivity index (χ3n) is 5.47. The predicted molar refractivity (Wildman–Crippen MR) is 114 cm³/mol. The van der Waals surface area contributed by atoms with Crippen molar-refractivity contribution in [2.45, 2.75) is 13.0 Å². The molecule has 0 saturated carbocycles. The topological polar surface area (TPSA) is 102 Å². The standard InChI is InChI=1S/C21H30N4O6/c1-6-31-20(27)16-17(13-11-14(28-3)18(30-5)15(12-13)29-4)22-21(23-19(16)26)25-9-7-24(2)8-10-25/h11-12,16-17H,6-10H2,1-5H3,(H,22,23,26)/t16-,17+/m0/s1. The molecule has 0 aliphatic carbocycles. The number of likely N-dealkylation sites (N-methyl/N-ethyl adjacent to an activating group) is 1. The summed E-state index contributed by atoms with van der Waals surface area (Å²) in [5.41, 5.74) is 0.592. The van der Waals surface area contributed by atoms with Crippen LogP contribution in [0.1, 0.15) is 18.5 Å². The lowest BCUT2D eigenvalue weighted by molar-refractivity contribution is -0.153. The number of benzene rings is 1. The highest BCUT2D eigenvalue weighted by molar-refractivity contribution is 6.08. The van der Waals surface area contributed by atoms with Gasteiger partial charge in [0.05, 0.1) is 27.9 Å². The zero-order valence-corrected chi connectivity index (χ0v) is 18.6. The number of esters is 1. The van der Waals surface area contributed by atoms with Crippen molar-refractivity contribution >= 4 is 17.8 Å². The number of aliphatic imine (C=N–C) groups is 1. The van der Waals surface area contributed by atoms with Crippen LogP contribution in [0.3, 0.4) is 0 Å². The van der Waals surface area contributed by atoms with Gasteiger partial charge in [-0.05, 0) is 31.7 Å². The van der Waals surface area contributed by atoms with Crippen LogP contribution in [0, 0.1) is 5.92 Å². The number of hydrogen-bond donors (Lipinski definition) is 1. The van der Waals surface area contributed by atoms with Gasteiger partial charge in [0.15, 0.2) is 17.4 Å². The van der Waals surface area contributed by atoms with E-state index in [-0.39, 0.29) is 6.61 Å². The number of methoxy groups -OCH3 is 3. The minimum absolute atomic E-state index is 0.166. The third kappa shape index (κ3) is 4.68. The summed E-state index contributed by atoms with van der Waals surface area (Å²) < 4.78 is 21.5. The summed E-state index contributed by atoms with van der Waals surface area (Å²) >= 11 is 0. The molecule has 2 aliphatic heterocycles. The molecular formula is C21H30N4O6. The molecule has 10 heteroatoms. The van der Waals surface area contributed by atoms with Crippen LogP contribution in [0.4, 0.5) is 0 Å². The summed E-state index contributed by atoms with van der Waals surface area (Å²) in [6.07, 6.45) is 0. The van der Waals surface area contributed by atoms with Gasteiger partial charge in [0.2, 0.25) is 17.6 Å². The highest BCUT2D eigenvalue weighted by Gasteiger charge is 2.42. The van der Waals surface area contributed by atoms with E-state index >= 15 is 0 Å². The summed E-state index contributed by atoms with van der Waals surface area (Å²) in [7, 11) is 6.58. The Morgan fingerprint density at radius 1 is 1.10 bits per heavy atom. The van der Waals surface area contributed by atoms with Gasteiger partial charge in [0.1, 0.15) is 6.04 Å². The van der Waals surface area contributed by atoms with E-state index in [4.69, 9.17) is 23.9 Å². The second kappa shape index (κ2) is 9.86. The van der Waals surface area contributed by atoms with Crippen molar-refractivity contribution in [2.24, 2.45) is 10.9 Å². The Labute approximate surface area is 182 Å². The minimum Gasteiger partial charge on any atom is -0.493 e. The van der Waals surface area contributed by atoms with E-state index in [1.807, 2.05) is 11.9 Å². The fourth-order valence-electron chi connectivity index (χ4n) is 3.76. The molecule has 2 aliphatic rings. The molecule has 31 heavy (non-hydrogen) atoms. The molecule has 1 aromatic rings. The van der Waals surface area contributed by atoms with Crippen molar-refractivity contribution < 1.29 is 28.5 Å². The number of guanidine groups is 1. The summed E-state index contributed by atoms with van der Waals surface area (Å²) in [5, 5.41) is 2.80. The van der Waals surface area contributed by atoms with Crippen molar-refractivity contribution in [1.82, 2.24) is 15.1 Å². The van der Waals surface area contributed by atoms with Gasteiger partial charge in [-0.15, -0.1) is 0 Å². The minimum atomic E-state index is -1.13. The molecule has 0 spiro atoms. The molecule has 2 atom stereocenters. The highest BCUT2D eigenvalue weighted by atomic mass is 16.5. The van der Waals surface area contributed by atoms with Crippen molar-refractivity contribution in [3.8, 4) is 17.2 Å². The number of carbonyl (C=O) groups excluding carboxylic acids is 2. The van der Waals surface area contributed by atoms with Crippen LogP contribution in [0.2, 0.25) is 0 Å². The Morgan fingerprint density at radius 2 is 1.71 bits per heavy atom. The van der Waals surface area contributed by atoms with Gasteiger partial charge in [0.25, 0.3) is 0 Å². The first kappa shape index (κ1) is 22.7. The quantitative estimate of drug-likeness (QED) is 0.515. The summed E-state index contributed by atoms with van der Waals surface area (Å²) in [5.74, 6) is -0.481. The fourth-order valence-corrected chi connectivity index (χ4v) is 3.76. The SMILES string of the molecule is CCOC(=O)[C@@H]1C(=O)NC(N2CCN(C)CC2)=N[C@@H]1c1cc(OC)c(OC)c(OC)c1. The van der Waals surface area contributed by atoms with Crippen LogP contribution in [-0.2, 0) is 14.3 Å². The van der Waals surface area contributed by atoms with Crippen LogP contribution in [-0.4, -0.2) is 88.8 Å². The van der Waals surface area contributed by atoms with Crippen LogP contribution in [0.15, 0.2) is 17.1 Å². The third-order valence-corrected chi connectivity index (χ3v) is 5.47. The Hall–Kier alpha value is -3.01. The molecule has 10 nitrogen and oxygen atoms in total. The number of ether oxygens (including phenoxy) is 4. The average Bonchev–Trinajstić information content (AvgIpc) is 2.77. The van der Waals surface area contributed by atoms with Gasteiger partial charge in [0, 0.05) is 26.2 Å². The van der Waals surface area contributed by atoms with E-state index in [9.17, 15) is 9.59 Å². The Balaban J connectivity index is 2.07. The molecule has 0 unspecified atom stereocenters. The number of nitrogens with zero attached hydrogens (tertiary/aromatic N) is 3. The normalized spacial score (nSPS) is 21.8. The molecule has 2 heterocycles. The van der Waals surface area contributed by atoms with E-state index in [2.05, 4.69) is 10.2 Å². The van der Waals surface area contributed by atoms with Gasteiger partial charge in [-0.25, -0.2) is 4.99 Å². The summed E-state index contributed by atoms with van der Waals surface area (Å²) in [4.78, 5) is 34.7. The zero-order valence-electron chi connectivity index (χ0n) is 18.6. The van der Waals surface area contributed by atoms with Crippen LogP contribution in [0.5, 0.6) is 17.2 Å². The molecule has 1 aromatic carbocycles. The molecule has 0 aromatic heterocycles. The van der Waals surface area contributed by atoms with Gasteiger partial charge in [-0.3, -0.25) is 14.9 Å². The molecule has 0 bridgehead atoms. The molecule has 1 amide bonds. The first-order valence-corrected chi connectivity index (χ1v) is 10.2. The van der Waals surface area contributed by atoms with Gasteiger partial charge in [-0.2, -0.15) is 0 Å². The van der Waals surface area contributed by atoms with Gasteiger partial charge in [-0.1, -0.05) is 0 Å². The summed E-state index contributed by atoms with van der Waals surface area (Å²) in [6, 6.07) is 2.63. The molecule has 0 radical (unpaired) electrons. The average molecular weight is 434 g/mol. The van der Waals surface area contributed by atoms with Crippen LogP contribution in [0.25, 0.3) is 0 Å². The highest BCUT2D eigenvalue weighted by Crippen LogP contribution is 2.42. The molecule has 1 saturated heterocycles. The lowest BCUT2D eigenvalue weighted by Gasteiger charge is -2.37. The monoisotopic (exact) mass is 434 g/mol. The van der Waals surface area contributed by atoms with Gasteiger partial charge < -0.3 is 28.7 Å². The van der Waals surface area contributed by atoms with E-state index in [0.717, 1.165) is 26.2 Å². The maximum atomic E-state index is 13.0. The van der Waals surface area contributed by atoms with Crippen molar-refractivity contribution in [2.75, 3.05) is 61.2 Å². The first-order chi connectivity index (χ1) is 14.9. The number of rotatable bonds is 6. The molecule has 1 fully saturated rings. The number of nitrogens with one attached hydrogen (secondary N) is 1. The Morgan fingerprint density at radius 3 is 2.23 bits per heavy atom. The van der Waals surface area contributed by atoms with Crippen molar-refractivity contribution in [3.05, 3.63) is 17.7 Å². The fraction of sp³-hybridized carbons (Fsp3) is 0.571. The number of carbonyl (C=O) groups is 2. The molecule has 170 valence electrons. The number of piperazine rings is 1. The summed E-state index contributed by atoms with van der Waals surface area (Å²) in [6.45, 7) is 5.02. The number of hydrogen-bond acceptors (Lipinski definition) is 9. The maximum Gasteiger partial charge on any atom is 0.321 e. The van der Waals surface area contributed by atoms with Crippen molar-refractivity contribution in [3.63, 3.8) is 0 Å². The molecule has 1 N–H and O–H groups in total. The lowest BCUT2D eigenvalue weighted by atomic mass is 9.90. The smallest absolute Gasteiger partial charge is 0.321 e. The van der Waals surface area contributed by atoms with Crippen LogP contribution >= 0.6 is 0 Å². The number of amides is 1. The van der Waals surface area contributed by atoms with Crippen LogP contribution < -0.4 is 19.5 Å². The molecular weight excluding hydrogens is 404 g/mol. The largest absolute Gasteiger partial charge is 0.493 e. The maximum absolute atomic E-state index is 13.0. The van der Waals surface area contributed by atoms with E-state index in [1.54, 1.807) is 19.1 Å². The van der Waals surface area contributed by atoms with E-state index in [0.29, 0.717) is 28.8 Å². The Kier molecular flexibility index (Phi) is 7.21. The lowest BCUT2D eigenvalue weighted by Crippen LogP contribution is -2.56. The second-order valence-electron chi connectivity index (χ2n) is 7.37. The van der Waals surface area contributed by atoms with E-state index < -0.39 is 23.8 Å². The Bertz CT molecular complexity index is 825. The first-order valence-electron chi connectivity index (χ1n) is 10.2. The van der Waals surface area contributed by atoms with Crippen molar-refractivity contribution in [1.29, 1.82) is 0 Å². The predicted octanol–water partition coefficient (Wildman–Crippen LogP) is 0.666. The zero-order chi connectivity index (χ0) is 22.5. The van der Waals surface area contributed by atoms with Gasteiger partial charge >= 0.3 is 5.97 Å². The van der Waals surface area contributed by atoms with E-state index in [1.165, 1.54) is 21.3 Å². The second-order valence-corrected chi connectivity index (χ2v) is 7.37. The molecule has 3 rings (SSSR count).